The maximum Gasteiger partial charge on any atom is 0.350 e. The number of rotatable bonds is 3. The first-order chi connectivity index (χ1) is 6.61. The SMILES string of the molecule is CCOC(=O)c1sc(OC)c(C)c1N. The van der Waals surface area contributed by atoms with E-state index in [2.05, 4.69) is 0 Å². The predicted molar refractivity (Wildman–Crippen MR) is 56.0 cm³/mol. The minimum Gasteiger partial charge on any atom is -0.487 e. The van der Waals surface area contributed by atoms with Gasteiger partial charge in [0.15, 0.2) is 5.06 Å². The van der Waals surface area contributed by atoms with Crippen LogP contribution in [0.1, 0.15) is 22.2 Å². The molecule has 1 heterocycles. The molecule has 0 fully saturated rings. The Bertz CT molecular complexity index is 346. The van der Waals surface area contributed by atoms with Crippen LogP contribution in [0.15, 0.2) is 0 Å². The molecule has 0 spiro atoms. The van der Waals surface area contributed by atoms with Gasteiger partial charge in [0, 0.05) is 5.56 Å². The van der Waals surface area contributed by atoms with Gasteiger partial charge in [0.2, 0.25) is 0 Å². The zero-order chi connectivity index (χ0) is 10.7. The van der Waals surface area contributed by atoms with Crippen LogP contribution in [0.2, 0.25) is 0 Å². The van der Waals surface area contributed by atoms with Gasteiger partial charge in [0.1, 0.15) is 4.88 Å². The highest BCUT2D eigenvalue weighted by atomic mass is 32.1. The molecule has 0 amide bonds. The molecule has 0 aromatic carbocycles. The number of carbonyl (C=O) groups excluding carboxylic acids is 1. The van der Waals surface area contributed by atoms with E-state index < -0.39 is 0 Å². The summed E-state index contributed by atoms with van der Waals surface area (Å²) in [4.78, 5) is 11.8. The van der Waals surface area contributed by atoms with Crippen molar-refractivity contribution in [3.05, 3.63) is 10.4 Å². The van der Waals surface area contributed by atoms with Gasteiger partial charge in [-0.15, -0.1) is 0 Å². The van der Waals surface area contributed by atoms with Crippen molar-refractivity contribution in [2.45, 2.75) is 13.8 Å². The first-order valence-corrected chi connectivity index (χ1v) is 5.03. The summed E-state index contributed by atoms with van der Waals surface area (Å²) in [5.41, 5.74) is 6.98. The molecule has 1 aromatic rings. The highest BCUT2D eigenvalue weighted by Gasteiger charge is 2.19. The Morgan fingerprint density at radius 1 is 1.57 bits per heavy atom. The molecule has 0 bridgehead atoms. The highest BCUT2D eigenvalue weighted by molar-refractivity contribution is 7.16. The van der Waals surface area contributed by atoms with Crippen molar-refractivity contribution < 1.29 is 14.3 Å². The Balaban J connectivity index is 3.04. The van der Waals surface area contributed by atoms with Crippen LogP contribution in [-0.4, -0.2) is 19.7 Å². The van der Waals surface area contributed by atoms with E-state index >= 15 is 0 Å². The molecular weight excluding hydrogens is 202 g/mol. The van der Waals surface area contributed by atoms with E-state index in [-0.39, 0.29) is 5.97 Å². The summed E-state index contributed by atoms with van der Waals surface area (Å²) in [6, 6.07) is 0. The smallest absolute Gasteiger partial charge is 0.350 e. The number of nitrogen functional groups attached to an aromatic ring is 1. The van der Waals surface area contributed by atoms with Crippen LogP contribution in [-0.2, 0) is 4.74 Å². The zero-order valence-corrected chi connectivity index (χ0v) is 9.23. The lowest BCUT2D eigenvalue weighted by Gasteiger charge is -1.98. The molecule has 0 saturated heterocycles. The van der Waals surface area contributed by atoms with Crippen molar-refractivity contribution in [3.8, 4) is 5.06 Å². The van der Waals surface area contributed by atoms with Gasteiger partial charge >= 0.3 is 5.97 Å². The van der Waals surface area contributed by atoms with E-state index in [1.54, 1.807) is 14.0 Å². The number of hydrogen-bond donors (Lipinski definition) is 1. The summed E-state index contributed by atoms with van der Waals surface area (Å²) in [7, 11) is 1.55. The van der Waals surface area contributed by atoms with Gasteiger partial charge in [0.05, 0.1) is 19.4 Å². The lowest BCUT2D eigenvalue weighted by Crippen LogP contribution is -2.05. The predicted octanol–water partition coefficient (Wildman–Crippen LogP) is 1.82. The topological polar surface area (TPSA) is 61.5 Å². The number of methoxy groups -OCH3 is 1. The van der Waals surface area contributed by atoms with Gasteiger partial charge in [-0.05, 0) is 13.8 Å². The second kappa shape index (κ2) is 4.32. The molecule has 0 aliphatic heterocycles. The van der Waals surface area contributed by atoms with Crippen LogP contribution in [0.4, 0.5) is 5.69 Å². The number of esters is 1. The quantitative estimate of drug-likeness (QED) is 0.781. The van der Waals surface area contributed by atoms with Gasteiger partial charge in [-0.2, -0.15) is 0 Å². The molecule has 1 aromatic heterocycles. The van der Waals surface area contributed by atoms with Crippen molar-refractivity contribution in [2.75, 3.05) is 19.5 Å². The fourth-order valence-electron chi connectivity index (χ4n) is 1.05. The lowest BCUT2D eigenvalue weighted by atomic mass is 10.3. The second-order valence-electron chi connectivity index (χ2n) is 2.68. The molecule has 78 valence electrons. The summed E-state index contributed by atoms with van der Waals surface area (Å²) < 4.78 is 9.92. The Kier molecular flexibility index (Phi) is 3.35. The molecule has 0 unspecified atom stereocenters. The van der Waals surface area contributed by atoms with Crippen molar-refractivity contribution in [1.82, 2.24) is 0 Å². The van der Waals surface area contributed by atoms with E-state index in [4.69, 9.17) is 15.2 Å². The molecule has 5 heteroatoms. The molecule has 2 N–H and O–H groups in total. The number of thiophene rings is 1. The van der Waals surface area contributed by atoms with Crippen molar-refractivity contribution in [2.24, 2.45) is 0 Å². The van der Waals surface area contributed by atoms with E-state index in [1.807, 2.05) is 6.92 Å². The van der Waals surface area contributed by atoms with Gasteiger partial charge in [-0.3, -0.25) is 0 Å². The normalized spacial score (nSPS) is 9.93. The van der Waals surface area contributed by atoms with Gasteiger partial charge in [-0.1, -0.05) is 11.3 Å². The third kappa shape index (κ3) is 1.82. The summed E-state index contributed by atoms with van der Waals surface area (Å²) >= 11 is 1.21. The number of ether oxygens (including phenoxy) is 2. The van der Waals surface area contributed by atoms with Crippen LogP contribution in [0, 0.1) is 6.92 Å². The summed E-state index contributed by atoms with van der Waals surface area (Å²) in [6.07, 6.45) is 0. The van der Waals surface area contributed by atoms with Gasteiger partial charge in [-0.25, -0.2) is 4.79 Å². The molecule has 14 heavy (non-hydrogen) atoms. The summed E-state index contributed by atoms with van der Waals surface area (Å²) in [5.74, 6) is -0.388. The molecule has 0 aliphatic rings. The standard InChI is InChI=1S/C9H13NO3S/c1-4-13-8(11)7-6(10)5(2)9(12-3)14-7/h4,10H2,1-3H3. The number of anilines is 1. The highest BCUT2D eigenvalue weighted by Crippen LogP contribution is 2.36. The lowest BCUT2D eigenvalue weighted by molar-refractivity contribution is 0.0533. The van der Waals surface area contributed by atoms with E-state index in [1.165, 1.54) is 11.3 Å². The van der Waals surface area contributed by atoms with Gasteiger partial charge < -0.3 is 15.2 Å². The molecule has 0 atom stereocenters. The molecule has 4 nitrogen and oxygen atoms in total. The maximum atomic E-state index is 11.4. The van der Waals surface area contributed by atoms with Crippen molar-refractivity contribution >= 4 is 23.0 Å². The Morgan fingerprint density at radius 3 is 2.64 bits per heavy atom. The average molecular weight is 215 g/mol. The number of nitrogens with two attached hydrogens (primary N) is 1. The first kappa shape index (κ1) is 10.8. The van der Waals surface area contributed by atoms with Gasteiger partial charge in [0.25, 0.3) is 0 Å². The third-order valence-electron chi connectivity index (χ3n) is 1.80. The van der Waals surface area contributed by atoms with Crippen LogP contribution in [0.3, 0.4) is 0 Å². The largest absolute Gasteiger partial charge is 0.487 e. The van der Waals surface area contributed by atoms with Crippen LogP contribution in [0.5, 0.6) is 5.06 Å². The summed E-state index contributed by atoms with van der Waals surface area (Å²) in [6.45, 7) is 3.91. The fraction of sp³-hybridized carbons (Fsp3) is 0.444. The summed E-state index contributed by atoms with van der Waals surface area (Å²) in [5, 5.41) is 0.658. The zero-order valence-electron chi connectivity index (χ0n) is 8.42. The Hall–Kier alpha value is -1.23. The number of carbonyl (C=O) groups is 1. The monoisotopic (exact) mass is 215 g/mol. The third-order valence-corrected chi connectivity index (χ3v) is 3.04. The molecule has 0 radical (unpaired) electrons. The van der Waals surface area contributed by atoms with E-state index in [9.17, 15) is 4.79 Å². The van der Waals surface area contributed by atoms with E-state index in [0.29, 0.717) is 22.2 Å². The maximum absolute atomic E-state index is 11.4. The number of hydrogen-bond acceptors (Lipinski definition) is 5. The van der Waals surface area contributed by atoms with Crippen LogP contribution < -0.4 is 10.5 Å². The average Bonchev–Trinajstić information content (AvgIpc) is 2.44. The van der Waals surface area contributed by atoms with Crippen molar-refractivity contribution in [1.29, 1.82) is 0 Å². The first-order valence-electron chi connectivity index (χ1n) is 4.21. The van der Waals surface area contributed by atoms with Crippen LogP contribution >= 0.6 is 11.3 Å². The van der Waals surface area contributed by atoms with Crippen LogP contribution in [0.25, 0.3) is 0 Å². The minimum atomic E-state index is -0.388. The van der Waals surface area contributed by atoms with Crippen molar-refractivity contribution in [3.63, 3.8) is 0 Å². The molecule has 1 rings (SSSR count). The fourth-order valence-corrected chi connectivity index (χ4v) is 1.98. The minimum absolute atomic E-state index is 0.345. The molecule has 0 saturated carbocycles. The van der Waals surface area contributed by atoms with E-state index in [0.717, 1.165) is 5.56 Å². The molecule has 0 aliphatic carbocycles. The molecular formula is C9H13NO3S. The Morgan fingerprint density at radius 2 is 2.21 bits per heavy atom. The Labute approximate surface area is 86.6 Å². The second-order valence-corrected chi connectivity index (χ2v) is 3.67.